The van der Waals surface area contributed by atoms with E-state index < -0.39 is 15.8 Å². The van der Waals surface area contributed by atoms with Crippen molar-refractivity contribution in [1.29, 1.82) is 0 Å². The molecule has 23 heavy (non-hydrogen) atoms. The predicted molar refractivity (Wildman–Crippen MR) is 88.2 cm³/mol. The molecular formula is C15H29N3O4S. The lowest BCUT2D eigenvalue weighted by Gasteiger charge is -2.31. The van der Waals surface area contributed by atoms with Gasteiger partial charge >= 0.3 is 6.09 Å². The van der Waals surface area contributed by atoms with Crippen molar-refractivity contribution in [2.45, 2.75) is 58.6 Å². The predicted octanol–water partition coefficient (Wildman–Crippen LogP) is 1.56. The molecule has 0 aromatic carbocycles. The number of amides is 1. The largest absolute Gasteiger partial charge is 0.444 e. The van der Waals surface area contributed by atoms with Gasteiger partial charge in [0.15, 0.2) is 0 Å². The van der Waals surface area contributed by atoms with Gasteiger partial charge in [-0.25, -0.2) is 4.79 Å². The molecule has 2 heterocycles. The molecule has 7 nitrogen and oxygen atoms in total. The van der Waals surface area contributed by atoms with Gasteiger partial charge in [-0.2, -0.15) is 17.4 Å². The molecular weight excluding hydrogens is 318 g/mol. The lowest BCUT2D eigenvalue weighted by Crippen LogP contribution is -2.49. The minimum absolute atomic E-state index is 0.246. The summed E-state index contributed by atoms with van der Waals surface area (Å²) in [7, 11) is -3.48. The lowest BCUT2D eigenvalue weighted by molar-refractivity contribution is 0.0292. The van der Waals surface area contributed by atoms with Gasteiger partial charge in [0.2, 0.25) is 0 Å². The Morgan fingerprint density at radius 1 is 1.17 bits per heavy atom. The van der Waals surface area contributed by atoms with E-state index in [2.05, 4.69) is 11.6 Å². The molecule has 0 unspecified atom stereocenters. The number of nitrogens with zero attached hydrogens (tertiary/aromatic N) is 2. The number of hydrogen-bond donors (Lipinski definition) is 1. The van der Waals surface area contributed by atoms with Crippen molar-refractivity contribution in [3.05, 3.63) is 0 Å². The highest BCUT2D eigenvalue weighted by Crippen LogP contribution is 2.20. The van der Waals surface area contributed by atoms with Crippen molar-refractivity contribution >= 4 is 16.3 Å². The highest BCUT2D eigenvalue weighted by Gasteiger charge is 2.34. The van der Waals surface area contributed by atoms with E-state index in [1.807, 2.05) is 20.8 Å². The van der Waals surface area contributed by atoms with Crippen LogP contribution in [0.25, 0.3) is 0 Å². The van der Waals surface area contributed by atoms with Gasteiger partial charge in [0.25, 0.3) is 10.2 Å². The molecule has 2 rings (SSSR count). The van der Waals surface area contributed by atoms with Gasteiger partial charge in [-0.15, -0.1) is 0 Å². The van der Waals surface area contributed by atoms with E-state index in [-0.39, 0.29) is 12.1 Å². The summed E-state index contributed by atoms with van der Waals surface area (Å²) in [5, 5.41) is 0. The maximum Gasteiger partial charge on any atom is 0.410 e. The molecule has 2 aliphatic rings. The average Bonchev–Trinajstić information content (AvgIpc) is 2.84. The molecule has 2 atom stereocenters. The fourth-order valence-electron chi connectivity index (χ4n) is 3.00. The first kappa shape index (κ1) is 18.5. The molecule has 0 aromatic rings. The topological polar surface area (TPSA) is 79.0 Å². The summed E-state index contributed by atoms with van der Waals surface area (Å²) < 4.78 is 34.5. The Morgan fingerprint density at radius 2 is 1.87 bits per heavy atom. The highest BCUT2D eigenvalue weighted by molar-refractivity contribution is 7.87. The summed E-state index contributed by atoms with van der Waals surface area (Å²) in [5.74, 6) is 0.391. The van der Waals surface area contributed by atoms with Gasteiger partial charge in [-0.05, 0) is 46.0 Å². The van der Waals surface area contributed by atoms with E-state index >= 15 is 0 Å². The number of carbonyl (C=O) groups excluding carboxylic acids is 1. The van der Waals surface area contributed by atoms with E-state index in [0.717, 1.165) is 12.8 Å². The summed E-state index contributed by atoms with van der Waals surface area (Å²) >= 11 is 0. The first-order valence-corrected chi connectivity index (χ1v) is 9.76. The second-order valence-electron chi connectivity index (χ2n) is 7.64. The molecule has 0 aromatic heterocycles. The van der Waals surface area contributed by atoms with Crippen LogP contribution in [-0.4, -0.2) is 61.5 Å². The monoisotopic (exact) mass is 347 g/mol. The summed E-state index contributed by atoms with van der Waals surface area (Å²) in [6, 6.07) is -0.246. The van der Waals surface area contributed by atoms with Gasteiger partial charge in [-0.3, -0.25) is 0 Å². The number of piperidine rings is 1. The number of ether oxygens (including phenoxy) is 1. The van der Waals surface area contributed by atoms with Crippen LogP contribution >= 0.6 is 0 Å². The van der Waals surface area contributed by atoms with Crippen LogP contribution in [0.1, 0.15) is 47.0 Å². The molecule has 134 valence electrons. The number of hydrogen-bond acceptors (Lipinski definition) is 4. The van der Waals surface area contributed by atoms with E-state index in [1.165, 1.54) is 4.31 Å². The minimum Gasteiger partial charge on any atom is -0.444 e. The molecule has 1 amide bonds. The van der Waals surface area contributed by atoms with Crippen LogP contribution in [0.5, 0.6) is 0 Å². The number of rotatable bonds is 3. The quantitative estimate of drug-likeness (QED) is 0.840. The second-order valence-corrected chi connectivity index (χ2v) is 9.34. The molecule has 2 saturated heterocycles. The molecule has 8 heteroatoms. The Balaban J connectivity index is 1.88. The van der Waals surface area contributed by atoms with Crippen LogP contribution in [0.15, 0.2) is 0 Å². The van der Waals surface area contributed by atoms with Crippen LogP contribution in [0.3, 0.4) is 0 Å². The zero-order valence-corrected chi connectivity index (χ0v) is 15.4. The Morgan fingerprint density at radius 3 is 2.48 bits per heavy atom. The van der Waals surface area contributed by atoms with E-state index in [4.69, 9.17) is 4.74 Å². The fraction of sp³-hybridized carbons (Fsp3) is 0.933. The highest BCUT2D eigenvalue weighted by atomic mass is 32.2. The fourth-order valence-corrected chi connectivity index (χ4v) is 4.58. The molecule has 0 aliphatic carbocycles. The number of carbonyl (C=O) groups is 1. The first-order chi connectivity index (χ1) is 10.6. The Labute approximate surface area is 139 Å². The lowest BCUT2D eigenvalue weighted by atomic mass is 10.0. The van der Waals surface area contributed by atoms with Crippen LogP contribution in [0, 0.1) is 5.92 Å². The first-order valence-electron chi connectivity index (χ1n) is 8.32. The summed E-state index contributed by atoms with van der Waals surface area (Å²) in [4.78, 5) is 13.6. The number of likely N-dealkylation sites (tertiary alicyclic amines) is 1. The Bertz CT molecular complexity index is 529. The molecule has 1 N–H and O–H groups in total. The third-order valence-corrected chi connectivity index (χ3v) is 5.76. The summed E-state index contributed by atoms with van der Waals surface area (Å²) in [5.41, 5.74) is -0.543. The molecule has 0 saturated carbocycles. The maximum absolute atomic E-state index is 12.5. The van der Waals surface area contributed by atoms with Crippen molar-refractivity contribution in [1.82, 2.24) is 13.9 Å². The second kappa shape index (κ2) is 6.94. The number of nitrogens with one attached hydrogen (secondary N) is 1. The normalized spacial score (nSPS) is 27.2. The minimum atomic E-state index is -3.48. The van der Waals surface area contributed by atoms with E-state index in [9.17, 15) is 13.2 Å². The van der Waals surface area contributed by atoms with Crippen LogP contribution in [0.2, 0.25) is 0 Å². The average molecular weight is 347 g/mol. The van der Waals surface area contributed by atoms with Crippen LogP contribution < -0.4 is 4.72 Å². The van der Waals surface area contributed by atoms with Crippen molar-refractivity contribution in [2.24, 2.45) is 5.92 Å². The van der Waals surface area contributed by atoms with Crippen molar-refractivity contribution in [3.63, 3.8) is 0 Å². The Hall–Kier alpha value is -0.860. The molecule has 2 aliphatic heterocycles. The van der Waals surface area contributed by atoms with Gasteiger partial charge < -0.3 is 9.64 Å². The van der Waals surface area contributed by atoms with Crippen LogP contribution in [0.4, 0.5) is 4.79 Å². The molecule has 0 bridgehead atoms. The van der Waals surface area contributed by atoms with Crippen molar-refractivity contribution in [3.8, 4) is 0 Å². The zero-order valence-electron chi connectivity index (χ0n) is 14.5. The molecule has 0 spiro atoms. The standard InChI is InChI=1S/C15H29N3O4S/c1-12-6-5-8-18(10-12)23(20,21)16-13-7-9-17(11-13)14(19)22-15(2,3)4/h12-13,16H,5-11H2,1-4H3/t12-,13-/m0/s1. The third-order valence-electron chi connectivity index (χ3n) is 4.12. The van der Waals surface area contributed by atoms with Gasteiger partial charge in [0.1, 0.15) is 5.60 Å². The zero-order chi connectivity index (χ0) is 17.3. The summed E-state index contributed by atoms with van der Waals surface area (Å²) in [6.45, 7) is 9.54. The van der Waals surface area contributed by atoms with Crippen molar-refractivity contribution in [2.75, 3.05) is 26.2 Å². The van der Waals surface area contributed by atoms with Gasteiger partial charge in [0.05, 0.1) is 0 Å². The molecule has 0 radical (unpaired) electrons. The van der Waals surface area contributed by atoms with E-state index in [0.29, 0.717) is 38.5 Å². The summed E-state index contributed by atoms with van der Waals surface area (Å²) in [6.07, 6.45) is 2.20. The van der Waals surface area contributed by atoms with Gasteiger partial charge in [-0.1, -0.05) is 6.92 Å². The van der Waals surface area contributed by atoms with Gasteiger partial charge in [0, 0.05) is 32.2 Å². The third kappa shape index (κ3) is 5.32. The van der Waals surface area contributed by atoms with E-state index in [1.54, 1.807) is 4.90 Å². The Kier molecular flexibility index (Phi) is 5.58. The maximum atomic E-state index is 12.5. The smallest absolute Gasteiger partial charge is 0.410 e. The van der Waals surface area contributed by atoms with Crippen molar-refractivity contribution < 1.29 is 17.9 Å². The SMILES string of the molecule is C[C@H]1CCCN(S(=O)(=O)N[C@H]2CCN(C(=O)OC(C)(C)C)C2)C1. The molecule has 2 fully saturated rings. The van der Waals surface area contributed by atoms with Crippen LogP contribution in [-0.2, 0) is 14.9 Å².